The van der Waals surface area contributed by atoms with Crippen molar-refractivity contribution in [3.8, 4) is 0 Å². The van der Waals surface area contributed by atoms with Crippen molar-refractivity contribution in [1.82, 2.24) is 14.9 Å². The minimum Gasteiger partial charge on any atom is -0.444 e. The Morgan fingerprint density at radius 1 is 1.05 bits per heavy atom. The average Bonchev–Trinajstić information content (AvgIpc) is 3.17. The summed E-state index contributed by atoms with van der Waals surface area (Å²) in [6.07, 6.45) is -1.35. The molecule has 0 bridgehead atoms. The lowest BCUT2D eigenvalue weighted by Gasteiger charge is -2.29. The zero-order valence-electron chi connectivity index (χ0n) is 22.7. The van der Waals surface area contributed by atoms with Gasteiger partial charge in [0, 0.05) is 39.3 Å². The molecule has 2 saturated heterocycles. The molecule has 2 aromatic rings. The maximum atomic E-state index is 13.7. The Morgan fingerprint density at radius 2 is 1.79 bits per heavy atom. The van der Waals surface area contributed by atoms with Crippen LogP contribution >= 0.6 is 0 Å². The van der Waals surface area contributed by atoms with Crippen molar-refractivity contribution in [3.05, 3.63) is 29.8 Å². The van der Waals surface area contributed by atoms with Gasteiger partial charge in [0.15, 0.2) is 5.69 Å². The highest BCUT2D eigenvalue weighted by molar-refractivity contribution is 6.03. The number of carbonyl (C=O) groups excluding carboxylic acids is 2. The van der Waals surface area contributed by atoms with Gasteiger partial charge < -0.3 is 29.2 Å². The lowest BCUT2D eigenvalue weighted by Crippen LogP contribution is -2.39. The number of ether oxygens (including phenoxy) is 1. The van der Waals surface area contributed by atoms with Crippen LogP contribution < -0.4 is 15.1 Å². The third kappa shape index (κ3) is 7.33. The Hall–Kier alpha value is -3.51. The van der Waals surface area contributed by atoms with Crippen LogP contribution in [0.5, 0.6) is 0 Å². The van der Waals surface area contributed by atoms with Crippen molar-refractivity contribution < 1.29 is 31.9 Å². The van der Waals surface area contributed by atoms with Crippen LogP contribution in [0.3, 0.4) is 0 Å². The van der Waals surface area contributed by atoms with E-state index in [2.05, 4.69) is 15.3 Å². The number of rotatable bonds is 4. The zero-order chi connectivity index (χ0) is 28.4. The van der Waals surface area contributed by atoms with Gasteiger partial charge in [-0.2, -0.15) is 18.2 Å². The summed E-state index contributed by atoms with van der Waals surface area (Å²) >= 11 is 0. The molecule has 0 saturated carbocycles. The van der Waals surface area contributed by atoms with E-state index in [9.17, 15) is 22.8 Å². The van der Waals surface area contributed by atoms with Gasteiger partial charge in [-0.1, -0.05) is 6.92 Å². The Labute approximate surface area is 225 Å². The molecule has 1 unspecified atom stereocenters. The van der Waals surface area contributed by atoms with Crippen LogP contribution in [0.25, 0.3) is 0 Å². The SMILES string of the molecule is CC1CCCN(c2nc(C(F)(F)F)c(C(=O)Nc3ccc(N4CCCN(C(=O)OC(C)(C)C)CC4)nc3)o2)C1. The highest BCUT2D eigenvalue weighted by Crippen LogP contribution is 2.35. The quantitative estimate of drug-likeness (QED) is 0.564. The van der Waals surface area contributed by atoms with Crippen LogP contribution in [0, 0.1) is 5.92 Å². The molecule has 2 aliphatic rings. The fraction of sp³-hybridized carbons (Fsp3) is 0.615. The van der Waals surface area contributed by atoms with E-state index in [-0.39, 0.29) is 23.7 Å². The lowest BCUT2D eigenvalue weighted by atomic mass is 10.0. The molecule has 214 valence electrons. The number of halogens is 3. The highest BCUT2D eigenvalue weighted by atomic mass is 19.4. The minimum atomic E-state index is -4.85. The molecule has 2 aromatic heterocycles. The molecule has 4 rings (SSSR count). The summed E-state index contributed by atoms with van der Waals surface area (Å²) in [6.45, 7) is 10.7. The number of pyridine rings is 1. The summed E-state index contributed by atoms with van der Waals surface area (Å²) in [5, 5.41) is 2.44. The summed E-state index contributed by atoms with van der Waals surface area (Å²) in [7, 11) is 0. The van der Waals surface area contributed by atoms with Crippen LogP contribution in [0.2, 0.25) is 0 Å². The number of amides is 2. The lowest BCUT2D eigenvalue weighted by molar-refractivity contribution is -0.141. The molecule has 0 radical (unpaired) electrons. The van der Waals surface area contributed by atoms with Gasteiger partial charge in [0.25, 0.3) is 11.9 Å². The summed E-state index contributed by atoms with van der Waals surface area (Å²) in [6, 6.07) is 3.03. The number of oxazole rings is 1. The third-order valence-corrected chi connectivity index (χ3v) is 6.50. The number of hydrogen-bond acceptors (Lipinski definition) is 8. The molecule has 2 amide bonds. The minimum absolute atomic E-state index is 0.200. The standard InChI is InChI=1S/C26H35F3N6O4/c1-17-7-5-10-35(16-17)23-32-21(26(27,28)29)20(38-23)22(36)31-18-8-9-19(30-15-18)33-11-6-12-34(14-13-33)24(37)39-25(2,3)4/h8-9,15,17H,5-7,10-14,16H2,1-4H3,(H,31,36). The van der Waals surface area contributed by atoms with Crippen LogP contribution in [0.4, 0.5) is 35.5 Å². The summed E-state index contributed by atoms with van der Waals surface area (Å²) in [4.78, 5) is 38.6. The monoisotopic (exact) mass is 552 g/mol. The number of carbonyl (C=O) groups is 2. The molecule has 1 atom stereocenters. The number of aromatic nitrogens is 2. The number of anilines is 3. The second kappa shape index (κ2) is 11.3. The molecular weight excluding hydrogens is 517 g/mol. The number of hydrogen-bond donors (Lipinski definition) is 1. The van der Waals surface area contributed by atoms with Crippen molar-refractivity contribution in [2.24, 2.45) is 5.92 Å². The number of alkyl halides is 3. The van der Waals surface area contributed by atoms with Gasteiger partial charge in [0.2, 0.25) is 5.76 Å². The Morgan fingerprint density at radius 3 is 2.44 bits per heavy atom. The largest absolute Gasteiger partial charge is 0.444 e. The zero-order valence-corrected chi connectivity index (χ0v) is 22.7. The Balaban J connectivity index is 1.42. The first-order chi connectivity index (χ1) is 18.3. The topological polar surface area (TPSA) is 104 Å². The normalized spacial score (nSPS) is 19.1. The van der Waals surface area contributed by atoms with E-state index in [4.69, 9.17) is 9.15 Å². The number of nitrogens with zero attached hydrogens (tertiary/aromatic N) is 5. The van der Waals surface area contributed by atoms with E-state index in [1.807, 2.05) is 32.6 Å². The number of piperidine rings is 1. The van der Waals surface area contributed by atoms with E-state index < -0.39 is 29.1 Å². The second-order valence-corrected chi connectivity index (χ2v) is 11.0. The first-order valence-corrected chi connectivity index (χ1v) is 13.1. The van der Waals surface area contributed by atoms with Crippen molar-refractivity contribution in [2.45, 2.75) is 58.7 Å². The van der Waals surface area contributed by atoms with Crippen molar-refractivity contribution in [3.63, 3.8) is 0 Å². The molecule has 0 aromatic carbocycles. The maximum absolute atomic E-state index is 13.7. The van der Waals surface area contributed by atoms with Crippen LogP contribution in [0.1, 0.15) is 63.2 Å². The molecule has 2 fully saturated rings. The molecule has 13 heteroatoms. The fourth-order valence-corrected chi connectivity index (χ4v) is 4.64. The van der Waals surface area contributed by atoms with Gasteiger partial charge in [-0.25, -0.2) is 9.78 Å². The molecule has 10 nitrogen and oxygen atoms in total. The molecule has 4 heterocycles. The Kier molecular flexibility index (Phi) is 8.26. The second-order valence-electron chi connectivity index (χ2n) is 11.0. The van der Waals surface area contributed by atoms with Gasteiger partial charge in [0.05, 0.1) is 11.9 Å². The van der Waals surface area contributed by atoms with Gasteiger partial charge in [0.1, 0.15) is 11.4 Å². The molecule has 0 aliphatic carbocycles. The highest BCUT2D eigenvalue weighted by Gasteiger charge is 2.42. The first kappa shape index (κ1) is 28.5. The molecule has 1 N–H and O–H groups in total. The number of nitrogens with one attached hydrogen (secondary N) is 1. The third-order valence-electron chi connectivity index (χ3n) is 6.50. The van der Waals surface area contributed by atoms with Gasteiger partial charge in [-0.05, 0) is 58.1 Å². The Bertz CT molecular complexity index is 1160. The van der Waals surface area contributed by atoms with E-state index in [1.165, 1.54) is 6.20 Å². The van der Waals surface area contributed by atoms with Crippen molar-refractivity contribution in [1.29, 1.82) is 0 Å². The summed E-state index contributed by atoms with van der Waals surface area (Å²) in [5.41, 5.74) is -1.71. The average molecular weight is 553 g/mol. The van der Waals surface area contributed by atoms with Gasteiger partial charge >= 0.3 is 12.3 Å². The smallest absolute Gasteiger partial charge is 0.437 e. The van der Waals surface area contributed by atoms with Crippen molar-refractivity contribution in [2.75, 3.05) is 54.4 Å². The first-order valence-electron chi connectivity index (χ1n) is 13.1. The maximum Gasteiger partial charge on any atom is 0.437 e. The predicted octanol–water partition coefficient (Wildman–Crippen LogP) is 5.02. The van der Waals surface area contributed by atoms with Gasteiger partial charge in [-0.3, -0.25) is 4.79 Å². The van der Waals surface area contributed by atoms with E-state index in [0.717, 1.165) is 12.8 Å². The summed E-state index contributed by atoms with van der Waals surface area (Å²) < 4.78 is 51.9. The van der Waals surface area contributed by atoms with Crippen LogP contribution in [-0.2, 0) is 10.9 Å². The molecule has 2 aliphatic heterocycles. The van der Waals surface area contributed by atoms with E-state index in [1.54, 1.807) is 21.9 Å². The van der Waals surface area contributed by atoms with E-state index in [0.29, 0.717) is 51.5 Å². The fourth-order valence-electron chi connectivity index (χ4n) is 4.64. The molecule has 0 spiro atoms. The van der Waals surface area contributed by atoms with Gasteiger partial charge in [-0.15, -0.1) is 0 Å². The van der Waals surface area contributed by atoms with Crippen LogP contribution in [-0.4, -0.2) is 71.7 Å². The van der Waals surface area contributed by atoms with Crippen LogP contribution in [0.15, 0.2) is 22.7 Å². The van der Waals surface area contributed by atoms with E-state index >= 15 is 0 Å². The van der Waals surface area contributed by atoms with Crippen molar-refractivity contribution >= 4 is 29.5 Å². The predicted molar refractivity (Wildman–Crippen MR) is 139 cm³/mol. The summed E-state index contributed by atoms with van der Waals surface area (Å²) in [5.74, 6) is -1.03. The molecular formula is C26H35F3N6O4. The molecule has 39 heavy (non-hydrogen) atoms.